The number of hydrogen-bond donors (Lipinski definition) is 1. The lowest BCUT2D eigenvalue weighted by atomic mass is 9.95. The third-order valence-electron chi connectivity index (χ3n) is 4.32. The fraction of sp³-hybridized carbons (Fsp3) is 0.167. The summed E-state index contributed by atoms with van der Waals surface area (Å²) in [6.45, 7) is 0. The molecule has 0 saturated heterocycles. The van der Waals surface area contributed by atoms with E-state index in [1.807, 2.05) is 0 Å². The molecular formula is C18H13F2N3O2. The summed E-state index contributed by atoms with van der Waals surface area (Å²) in [5.41, 5.74) is 7.64. The number of nitrogen functional groups attached to an aromatic ring is 1. The molecule has 0 radical (unpaired) electrons. The zero-order chi connectivity index (χ0) is 17.6. The van der Waals surface area contributed by atoms with Gasteiger partial charge in [0.05, 0.1) is 17.9 Å². The van der Waals surface area contributed by atoms with Gasteiger partial charge in [-0.25, -0.2) is 18.7 Å². The molecule has 4 rings (SSSR count). The number of aromatic nitrogens is 2. The first-order valence-corrected chi connectivity index (χ1v) is 7.69. The minimum atomic E-state index is -0.686. The van der Waals surface area contributed by atoms with Crippen LogP contribution >= 0.6 is 0 Å². The Balaban J connectivity index is 1.77. The van der Waals surface area contributed by atoms with Crippen LogP contribution in [0.4, 0.5) is 14.7 Å². The molecule has 126 valence electrons. The van der Waals surface area contributed by atoms with E-state index in [1.54, 1.807) is 12.1 Å². The van der Waals surface area contributed by atoms with Gasteiger partial charge in [0.2, 0.25) is 5.95 Å². The second-order valence-electron chi connectivity index (χ2n) is 5.91. The Morgan fingerprint density at radius 2 is 2.08 bits per heavy atom. The van der Waals surface area contributed by atoms with Gasteiger partial charge in [-0.2, -0.15) is 0 Å². The number of furan rings is 1. The standard InChI is InChI=1S/C18H13F2N3O2/c19-10-4-3-9(13(20)7-10)6-11-14(24)8-12-16(11)22-18(21)23-17(12)15-2-1-5-25-15/h1-5,7,11H,6,8H2,(H2,21,22,23). The van der Waals surface area contributed by atoms with Crippen LogP contribution in [-0.4, -0.2) is 15.8 Å². The number of anilines is 1. The van der Waals surface area contributed by atoms with Crippen molar-refractivity contribution in [2.75, 3.05) is 5.73 Å². The number of nitrogens with zero attached hydrogens (tertiary/aromatic N) is 2. The van der Waals surface area contributed by atoms with E-state index in [0.29, 0.717) is 22.7 Å². The molecule has 25 heavy (non-hydrogen) atoms. The van der Waals surface area contributed by atoms with Gasteiger partial charge >= 0.3 is 0 Å². The summed E-state index contributed by atoms with van der Waals surface area (Å²) in [4.78, 5) is 20.9. The molecule has 1 aliphatic carbocycles. The number of benzene rings is 1. The van der Waals surface area contributed by atoms with Crippen molar-refractivity contribution in [3.63, 3.8) is 0 Å². The molecule has 0 aliphatic heterocycles. The Hall–Kier alpha value is -3.09. The van der Waals surface area contributed by atoms with Gasteiger partial charge in [-0.3, -0.25) is 4.79 Å². The Kier molecular flexibility index (Phi) is 3.56. The number of nitrogens with two attached hydrogens (primary N) is 1. The number of halogens is 2. The molecule has 0 amide bonds. The van der Waals surface area contributed by atoms with Gasteiger partial charge in [0.25, 0.3) is 0 Å². The maximum Gasteiger partial charge on any atom is 0.220 e. The summed E-state index contributed by atoms with van der Waals surface area (Å²) in [5, 5.41) is 0. The molecule has 2 heterocycles. The predicted molar refractivity (Wildman–Crippen MR) is 85.7 cm³/mol. The van der Waals surface area contributed by atoms with Gasteiger partial charge in [-0.1, -0.05) is 6.07 Å². The van der Waals surface area contributed by atoms with Crippen molar-refractivity contribution >= 4 is 11.7 Å². The lowest BCUT2D eigenvalue weighted by Crippen LogP contribution is -2.12. The molecule has 2 N–H and O–H groups in total. The molecule has 7 heteroatoms. The van der Waals surface area contributed by atoms with Crippen molar-refractivity contribution in [1.29, 1.82) is 0 Å². The maximum absolute atomic E-state index is 14.0. The van der Waals surface area contributed by atoms with Crippen molar-refractivity contribution in [2.45, 2.75) is 18.8 Å². The zero-order valence-electron chi connectivity index (χ0n) is 13.0. The molecule has 1 atom stereocenters. The number of carbonyl (C=O) groups is 1. The van der Waals surface area contributed by atoms with Crippen molar-refractivity contribution < 1.29 is 18.0 Å². The smallest absolute Gasteiger partial charge is 0.220 e. The second-order valence-corrected chi connectivity index (χ2v) is 5.91. The van der Waals surface area contributed by atoms with Crippen molar-refractivity contribution in [3.8, 4) is 11.5 Å². The first-order valence-electron chi connectivity index (χ1n) is 7.69. The third-order valence-corrected chi connectivity index (χ3v) is 4.32. The van der Waals surface area contributed by atoms with Crippen LogP contribution in [0.2, 0.25) is 0 Å². The number of Topliss-reactive ketones (excluding diaryl/α,β-unsaturated/α-hetero) is 1. The van der Waals surface area contributed by atoms with Gasteiger partial charge < -0.3 is 10.2 Å². The quantitative estimate of drug-likeness (QED) is 0.792. The van der Waals surface area contributed by atoms with Crippen molar-refractivity contribution in [1.82, 2.24) is 9.97 Å². The SMILES string of the molecule is Nc1nc(-c2ccco2)c2c(n1)C(Cc1ccc(F)cc1F)C(=O)C2. The summed E-state index contributed by atoms with van der Waals surface area (Å²) in [7, 11) is 0. The normalized spacial score (nSPS) is 16.2. The van der Waals surface area contributed by atoms with E-state index in [9.17, 15) is 13.6 Å². The summed E-state index contributed by atoms with van der Waals surface area (Å²) in [6, 6.07) is 6.75. The van der Waals surface area contributed by atoms with Gasteiger partial charge in [0.1, 0.15) is 23.1 Å². The average Bonchev–Trinajstić information content (AvgIpc) is 3.18. The molecule has 2 aromatic heterocycles. The number of fused-ring (bicyclic) bond motifs is 1. The van der Waals surface area contributed by atoms with Crippen LogP contribution < -0.4 is 5.73 Å². The maximum atomic E-state index is 14.0. The Labute approximate surface area is 141 Å². The van der Waals surface area contributed by atoms with E-state index in [2.05, 4.69) is 9.97 Å². The lowest BCUT2D eigenvalue weighted by molar-refractivity contribution is -0.119. The van der Waals surface area contributed by atoms with Gasteiger partial charge in [-0.05, 0) is 30.2 Å². The second kappa shape index (κ2) is 5.77. The fourth-order valence-corrected chi connectivity index (χ4v) is 3.17. The molecule has 0 fully saturated rings. The molecule has 1 unspecified atom stereocenters. The molecule has 1 aromatic carbocycles. The van der Waals surface area contributed by atoms with Gasteiger partial charge in [0, 0.05) is 18.1 Å². The highest BCUT2D eigenvalue weighted by atomic mass is 19.1. The van der Waals surface area contributed by atoms with Crippen LogP contribution in [0.15, 0.2) is 41.0 Å². The van der Waals surface area contributed by atoms with Crippen LogP contribution in [-0.2, 0) is 17.6 Å². The Morgan fingerprint density at radius 1 is 1.24 bits per heavy atom. The van der Waals surface area contributed by atoms with Crippen LogP contribution in [0.1, 0.15) is 22.7 Å². The summed E-state index contributed by atoms with van der Waals surface area (Å²) in [5.74, 6) is -1.59. The van der Waals surface area contributed by atoms with E-state index in [-0.39, 0.29) is 30.1 Å². The minimum absolute atomic E-state index is 0.0180. The largest absolute Gasteiger partial charge is 0.463 e. The summed E-state index contributed by atoms with van der Waals surface area (Å²) < 4.78 is 32.4. The molecule has 0 spiro atoms. The zero-order valence-corrected chi connectivity index (χ0v) is 13.0. The topological polar surface area (TPSA) is 82.0 Å². The van der Waals surface area contributed by atoms with Crippen LogP contribution in [0, 0.1) is 11.6 Å². The number of rotatable bonds is 3. The Bertz CT molecular complexity index is 971. The van der Waals surface area contributed by atoms with E-state index in [0.717, 1.165) is 6.07 Å². The van der Waals surface area contributed by atoms with E-state index in [4.69, 9.17) is 10.2 Å². The minimum Gasteiger partial charge on any atom is -0.463 e. The first-order chi connectivity index (χ1) is 12.0. The lowest BCUT2D eigenvalue weighted by Gasteiger charge is -2.12. The number of hydrogen-bond acceptors (Lipinski definition) is 5. The van der Waals surface area contributed by atoms with Crippen LogP contribution in [0.25, 0.3) is 11.5 Å². The number of carbonyl (C=O) groups excluding carboxylic acids is 1. The fourth-order valence-electron chi connectivity index (χ4n) is 3.17. The van der Waals surface area contributed by atoms with Crippen LogP contribution in [0.3, 0.4) is 0 Å². The summed E-state index contributed by atoms with van der Waals surface area (Å²) in [6.07, 6.45) is 1.72. The number of ketones is 1. The monoisotopic (exact) mass is 341 g/mol. The molecular weight excluding hydrogens is 328 g/mol. The average molecular weight is 341 g/mol. The first kappa shape index (κ1) is 15.4. The molecule has 1 aliphatic rings. The molecule has 5 nitrogen and oxygen atoms in total. The van der Waals surface area contributed by atoms with Crippen LogP contribution in [0.5, 0.6) is 0 Å². The van der Waals surface area contributed by atoms with Crippen molar-refractivity contribution in [2.24, 2.45) is 0 Å². The summed E-state index contributed by atoms with van der Waals surface area (Å²) >= 11 is 0. The Morgan fingerprint density at radius 3 is 2.80 bits per heavy atom. The van der Waals surface area contributed by atoms with Gasteiger partial charge in [-0.15, -0.1) is 0 Å². The highest BCUT2D eigenvalue weighted by Gasteiger charge is 2.36. The highest BCUT2D eigenvalue weighted by Crippen LogP contribution is 2.37. The van der Waals surface area contributed by atoms with E-state index in [1.165, 1.54) is 18.4 Å². The molecule has 3 aromatic rings. The predicted octanol–water partition coefficient (Wildman–Crippen LogP) is 3.05. The third kappa shape index (κ3) is 2.67. The molecule has 0 bridgehead atoms. The van der Waals surface area contributed by atoms with E-state index < -0.39 is 17.6 Å². The molecule has 0 saturated carbocycles. The van der Waals surface area contributed by atoms with Crippen molar-refractivity contribution in [3.05, 3.63) is 65.1 Å². The van der Waals surface area contributed by atoms with E-state index >= 15 is 0 Å². The van der Waals surface area contributed by atoms with Gasteiger partial charge in [0.15, 0.2) is 5.76 Å². The highest BCUT2D eigenvalue weighted by molar-refractivity contribution is 5.94.